The van der Waals surface area contributed by atoms with Crippen molar-refractivity contribution in [1.29, 1.82) is 0 Å². The monoisotopic (exact) mass is 296 g/mol. The van der Waals surface area contributed by atoms with Crippen molar-refractivity contribution in [1.82, 2.24) is 0 Å². The Balaban J connectivity index is 2.33. The Labute approximate surface area is 121 Å². The summed E-state index contributed by atoms with van der Waals surface area (Å²) in [6, 6.07) is 9.43. The molecule has 0 fully saturated rings. The molecule has 0 spiro atoms. The standard InChI is InChI=1S/C16H15F3S/c1-3-12-13(17)10(2)16(15(19)14(12)18)20-9-11-7-5-4-6-8-11/h4-8H,3,9H2,1-2H3. The van der Waals surface area contributed by atoms with Gasteiger partial charge in [-0.3, -0.25) is 0 Å². The maximum absolute atomic E-state index is 14.0. The molecule has 4 heteroatoms. The van der Waals surface area contributed by atoms with Crippen molar-refractivity contribution in [2.45, 2.75) is 30.9 Å². The van der Waals surface area contributed by atoms with E-state index in [2.05, 4.69) is 0 Å². The van der Waals surface area contributed by atoms with E-state index in [9.17, 15) is 13.2 Å². The molecule has 0 aliphatic heterocycles. The molecule has 2 aromatic rings. The van der Waals surface area contributed by atoms with Crippen LogP contribution in [0.5, 0.6) is 0 Å². The average Bonchev–Trinajstić information content (AvgIpc) is 2.47. The van der Waals surface area contributed by atoms with Crippen LogP contribution in [0.1, 0.15) is 23.6 Å². The van der Waals surface area contributed by atoms with Crippen molar-refractivity contribution < 1.29 is 13.2 Å². The third-order valence-electron chi connectivity index (χ3n) is 3.17. The molecule has 0 aliphatic rings. The van der Waals surface area contributed by atoms with Gasteiger partial charge in [-0.05, 0) is 18.9 Å². The van der Waals surface area contributed by atoms with Crippen molar-refractivity contribution in [3.8, 4) is 0 Å². The average molecular weight is 296 g/mol. The van der Waals surface area contributed by atoms with Crippen LogP contribution < -0.4 is 0 Å². The summed E-state index contributed by atoms with van der Waals surface area (Å²) in [4.78, 5) is 0.0565. The molecule has 0 atom stereocenters. The number of rotatable bonds is 4. The van der Waals surface area contributed by atoms with Gasteiger partial charge in [0.2, 0.25) is 0 Å². The summed E-state index contributed by atoms with van der Waals surface area (Å²) in [5.41, 5.74) is 0.988. The fraction of sp³-hybridized carbons (Fsp3) is 0.250. The van der Waals surface area contributed by atoms with Crippen molar-refractivity contribution in [3.63, 3.8) is 0 Å². The van der Waals surface area contributed by atoms with Gasteiger partial charge in [0.25, 0.3) is 0 Å². The summed E-state index contributed by atoms with van der Waals surface area (Å²) in [6.45, 7) is 3.10. The van der Waals surface area contributed by atoms with E-state index in [0.29, 0.717) is 5.75 Å². The molecule has 0 saturated carbocycles. The Bertz CT molecular complexity index is 580. The summed E-state index contributed by atoms with van der Waals surface area (Å²) >= 11 is 1.12. The second-order valence-electron chi connectivity index (χ2n) is 4.50. The lowest BCUT2D eigenvalue weighted by molar-refractivity contribution is 0.460. The number of halogens is 3. The molecule has 0 aliphatic carbocycles. The Kier molecular flexibility index (Phi) is 4.76. The normalized spacial score (nSPS) is 10.8. The van der Waals surface area contributed by atoms with E-state index in [4.69, 9.17) is 0 Å². The number of hydrogen-bond donors (Lipinski definition) is 0. The zero-order valence-electron chi connectivity index (χ0n) is 11.3. The van der Waals surface area contributed by atoms with E-state index in [1.165, 1.54) is 6.92 Å². The smallest absolute Gasteiger partial charge is 0.173 e. The fourth-order valence-electron chi connectivity index (χ4n) is 2.03. The summed E-state index contributed by atoms with van der Waals surface area (Å²) in [5.74, 6) is -2.17. The quantitative estimate of drug-likeness (QED) is 0.547. The molecule has 2 rings (SSSR count). The third kappa shape index (κ3) is 2.85. The first-order valence-electron chi connectivity index (χ1n) is 6.38. The molecule has 0 unspecified atom stereocenters. The maximum Gasteiger partial charge on any atom is 0.173 e. The zero-order valence-corrected chi connectivity index (χ0v) is 12.2. The molecule has 0 N–H and O–H groups in total. The van der Waals surface area contributed by atoms with Crippen LogP contribution in [0.15, 0.2) is 35.2 Å². The summed E-state index contributed by atoms with van der Waals surface area (Å²) in [5, 5.41) is 0. The molecule has 0 radical (unpaired) electrons. The largest absolute Gasteiger partial charge is 0.206 e. The Morgan fingerprint density at radius 3 is 2.20 bits per heavy atom. The minimum Gasteiger partial charge on any atom is -0.206 e. The van der Waals surface area contributed by atoms with Gasteiger partial charge in [-0.25, -0.2) is 13.2 Å². The highest BCUT2D eigenvalue weighted by Gasteiger charge is 2.21. The van der Waals surface area contributed by atoms with Crippen molar-refractivity contribution >= 4 is 11.8 Å². The highest BCUT2D eigenvalue weighted by molar-refractivity contribution is 7.98. The first kappa shape index (κ1) is 15.0. The lowest BCUT2D eigenvalue weighted by Gasteiger charge is -2.13. The SMILES string of the molecule is CCc1c(F)c(C)c(SCc2ccccc2)c(F)c1F. The lowest BCUT2D eigenvalue weighted by Crippen LogP contribution is -2.04. The number of hydrogen-bond acceptors (Lipinski definition) is 1. The molecule has 0 nitrogen and oxygen atoms in total. The van der Waals surface area contributed by atoms with Gasteiger partial charge in [-0.1, -0.05) is 37.3 Å². The van der Waals surface area contributed by atoms with E-state index in [1.807, 2.05) is 30.3 Å². The summed E-state index contributed by atoms with van der Waals surface area (Å²) in [6.07, 6.45) is 0.138. The van der Waals surface area contributed by atoms with Gasteiger partial charge in [0.1, 0.15) is 5.82 Å². The predicted molar refractivity (Wildman–Crippen MR) is 76.4 cm³/mol. The maximum atomic E-state index is 14.0. The molecular formula is C16H15F3S. The van der Waals surface area contributed by atoms with Gasteiger partial charge in [0.15, 0.2) is 11.6 Å². The molecule has 0 amide bonds. The van der Waals surface area contributed by atoms with Crippen LogP contribution in [0, 0.1) is 24.4 Å². The Hall–Kier alpha value is -1.42. The fourth-order valence-corrected chi connectivity index (χ4v) is 3.06. The van der Waals surface area contributed by atoms with Crippen LogP contribution >= 0.6 is 11.8 Å². The van der Waals surface area contributed by atoms with Crippen LogP contribution in [0.3, 0.4) is 0 Å². The van der Waals surface area contributed by atoms with Gasteiger partial charge < -0.3 is 0 Å². The molecule has 0 saturated heterocycles. The minimum absolute atomic E-state index is 0.0565. The van der Waals surface area contributed by atoms with E-state index >= 15 is 0 Å². The van der Waals surface area contributed by atoms with Gasteiger partial charge in [-0.2, -0.15) is 0 Å². The molecule has 2 aromatic carbocycles. The second kappa shape index (κ2) is 6.35. The summed E-state index contributed by atoms with van der Waals surface area (Å²) in [7, 11) is 0. The Morgan fingerprint density at radius 1 is 0.950 bits per heavy atom. The lowest BCUT2D eigenvalue weighted by atomic mass is 10.1. The van der Waals surface area contributed by atoms with E-state index in [-0.39, 0.29) is 22.4 Å². The highest BCUT2D eigenvalue weighted by atomic mass is 32.2. The van der Waals surface area contributed by atoms with Crippen LogP contribution in [0.25, 0.3) is 0 Å². The molecule has 0 heterocycles. The Morgan fingerprint density at radius 2 is 1.60 bits per heavy atom. The first-order chi connectivity index (χ1) is 9.56. The van der Waals surface area contributed by atoms with Gasteiger partial charge >= 0.3 is 0 Å². The predicted octanol–water partition coefficient (Wildman–Crippen LogP) is 5.27. The summed E-state index contributed by atoms with van der Waals surface area (Å²) < 4.78 is 41.8. The van der Waals surface area contributed by atoms with Gasteiger partial charge in [-0.15, -0.1) is 11.8 Å². The molecular weight excluding hydrogens is 281 g/mol. The van der Waals surface area contributed by atoms with Crippen LogP contribution in [-0.4, -0.2) is 0 Å². The van der Waals surface area contributed by atoms with E-state index < -0.39 is 17.5 Å². The number of thioether (sulfide) groups is 1. The highest BCUT2D eigenvalue weighted by Crippen LogP contribution is 2.34. The number of benzene rings is 2. The van der Waals surface area contributed by atoms with Gasteiger partial charge in [0, 0.05) is 16.9 Å². The molecule has 0 bridgehead atoms. The minimum atomic E-state index is -1.06. The van der Waals surface area contributed by atoms with Crippen molar-refractivity contribution in [2.24, 2.45) is 0 Å². The van der Waals surface area contributed by atoms with Crippen LogP contribution in [0.4, 0.5) is 13.2 Å². The topological polar surface area (TPSA) is 0 Å². The van der Waals surface area contributed by atoms with Crippen molar-refractivity contribution in [3.05, 3.63) is 64.5 Å². The molecule has 20 heavy (non-hydrogen) atoms. The zero-order chi connectivity index (χ0) is 14.7. The van der Waals surface area contributed by atoms with Crippen LogP contribution in [-0.2, 0) is 12.2 Å². The molecule has 0 aromatic heterocycles. The third-order valence-corrected chi connectivity index (χ3v) is 4.42. The van der Waals surface area contributed by atoms with Gasteiger partial charge in [0.05, 0.1) is 4.90 Å². The van der Waals surface area contributed by atoms with Crippen LogP contribution in [0.2, 0.25) is 0 Å². The van der Waals surface area contributed by atoms with E-state index in [0.717, 1.165) is 17.3 Å². The first-order valence-corrected chi connectivity index (χ1v) is 7.37. The van der Waals surface area contributed by atoms with E-state index in [1.54, 1.807) is 6.92 Å². The van der Waals surface area contributed by atoms with Crippen molar-refractivity contribution in [2.75, 3.05) is 0 Å². The second-order valence-corrected chi connectivity index (χ2v) is 5.49. The molecule has 106 valence electrons.